The van der Waals surface area contributed by atoms with Crippen molar-refractivity contribution in [1.29, 1.82) is 0 Å². The minimum Gasteiger partial charge on any atom is -0.345 e. The van der Waals surface area contributed by atoms with Crippen LogP contribution in [0.5, 0.6) is 0 Å². The van der Waals surface area contributed by atoms with Gasteiger partial charge >= 0.3 is 0 Å². The number of carbonyl (C=O) groups excluding carboxylic acids is 1. The second-order valence-corrected chi connectivity index (χ2v) is 6.27. The molecule has 1 atom stereocenters. The average molecular weight is 315 g/mol. The molecular weight excluding hydrogens is 293 g/mol. The van der Waals surface area contributed by atoms with E-state index in [2.05, 4.69) is 17.2 Å². The molecule has 0 bridgehead atoms. The number of amides is 1. The first-order chi connectivity index (χ1) is 11.1. The number of nitrogens with one attached hydrogen (secondary N) is 1. The maximum absolute atomic E-state index is 14.1. The summed E-state index contributed by atoms with van der Waals surface area (Å²) in [4.78, 5) is 17.2. The molecule has 3 rings (SSSR count). The Bertz CT molecular complexity index is 706. The lowest BCUT2D eigenvalue weighted by molar-refractivity contribution is -0.124. The van der Waals surface area contributed by atoms with Gasteiger partial charge in [0.15, 0.2) is 0 Å². The number of benzene rings is 1. The molecule has 23 heavy (non-hydrogen) atoms. The van der Waals surface area contributed by atoms with Gasteiger partial charge in [-0.1, -0.05) is 31.5 Å². The maximum Gasteiger partial charge on any atom is 0.231 e. The zero-order valence-corrected chi connectivity index (χ0v) is 13.6. The number of aromatic nitrogens is 2. The minimum absolute atomic E-state index is 0.0935. The third-order valence-corrected chi connectivity index (χ3v) is 4.63. The molecule has 1 amide bonds. The Morgan fingerprint density at radius 1 is 1.43 bits per heavy atom. The second kappa shape index (κ2) is 6.14. The fourth-order valence-corrected chi connectivity index (χ4v) is 3.16. The third kappa shape index (κ3) is 2.87. The highest BCUT2D eigenvalue weighted by atomic mass is 19.1. The van der Waals surface area contributed by atoms with Crippen LogP contribution < -0.4 is 5.32 Å². The summed E-state index contributed by atoms with van der Waals surface area (Å²) in [7, 11) is 1.92. The lowest BCUT2D eigenvalue weighted by Crippen LogP contribution is -2.38. The predicted molar refractivity (Wildman–Crippen MR) is 86.3 cm³/mol. The highest BCUT2D eigenvalue weighted by Crippen LogP contribution is 2.49. The molecular formula is C18H22FN3O. The van der Waals surface area contributed by atoms with Crippen LogP contribution in [-0.2, 0) is 17.3 Å². The van der Waals surface area contributed by atoms with E-state index in [0.717, 1.165) is 18.7 Å². The van der Waals surface area contributed by atoms with Crippen LogP contribution in [0, 0.1) is 5.82 Å². The molecule has 0 saturated heterocycles. The van der Waals surface area contributed by atoms with Crippen molar-refractivity contribution in [2.45, 2.75) is 44.1 Å². The summed E-state index contributed by atoms with van der Waals surface area (Å²) < 4.78 is 16.0. The van der Waals surface area contributed by atoms with Crippen LogP contribution in [0.15, 0.2) is 36.7 Å². The molecule has 1 aromatic heterocycles. The summed E-state index contributed by atoms with van der Waals surface area (Å²) in [6.45, 7) is 2.08. The SMILES string of the molecule is CCC[C@@H](NC(=O)C1(c2ccccc2F)CC1)c1nccn1C. The topological polar surface area (TPSA) is 46.9 Å². The molecule has 1 aliphatic carbocycles. The van der Waals surface area contributed by atoms with Crippen LogP contribution in [-0.4, -0.2) is 15.5 Å². The van der Waals surface area contributed by atoms with Crippen molar-refractivity contribution in [2.24, 2.45) is 7.05 Å². The Balaban J connectivity index is 1.83. The predicted octanol–water partition coefficient (Wildman–Crippen LogP) is 3.25. The molecule has 0 spiro atoms. The Morgan fingerprint density at radius 2 is 2.17 bits per heavy atom. The first-order valence-corrected chi connectivity index (χ1v) is 8.11. The average Bonchev–Trinajstić information content (AvgIpc) is 3.23. The van der Waals surface area contributed by atoms with Gasteiger partial charge in [0.1, 0.15) is 11.6 Å². The number of carbonyl (C=O) groups is 1. The monoisotopic (exact) mass is 315 g/mol. The molecule has 5 heteroatoms. The Morgan fingerprint density at radius 3 is 2.74 bits per heavy atom. The molecule has 1 heterocycles. The first-order valence-electron chi connectivity index (χ1n) is 8.11. The largest absolute Gasteiger partial charge is 0.345 e. The van der Waals surface area contributed by atoms with Crippen LogP contribution in [0.3, 0.4) is 0 Å². The van der Waals surface area contributed by atoms with E-state index in [-0.39, 0.29) is 17.8 Å². The van der Waals surface area contributed by atoms with E-state index in [9.17, 15) is 9.18 Å². The van der Waals surface area contributed by atoms with Crippen molar-refractivity contribution in [2.75, 3.05) is 0 Å². The van der Waals surface area contributed by atoms with Gasteiger partial charge in [-0.25, -0.2) is 9.37 Å². The van der Waals surface area contributed by atoms with E-state index in [1.807, 2.05) is 17.8 Å². The Kier molecular flexibility index (Phi) is 4.20. The fraction of sp³-hybridized carbons (Fsp3) is 0.444. The van der Waals surface area contributed by atoms with Gasteiger partial charge in [0.25, 0.3) is 0 Å². The maximum atomic E-state index is 14.1. The first kappa shape index (κ1) is 15.7. The second-order valence-electron chi connectivity index (χ2n) is 6.27. The van der Waals surface area contributed by atoms with Gasteiger partial charge in [0, 0.05) is 25.0 Å². The molecule has 1 saturated carbocycles. The standard InChI is InChI=1S/C18H22FN3O/c1-3-6-15(16-20-11-12-22(16)2)21-17(23)18(9-10-18)13-7-4-5-8-14(13)19/h4-5,7-8,11-12,15H,3,6,9-10H2,1-2H3,(H,21,23)/t15-/m1/s1. The fourth-order valence-electron chi connectivity index (χ4n) is 3.16. The van der Waals surface area contributed by atoms with E-state index < -0.39 is 5.41 Å². The molecule has 1 N–H and O–H groups in total. The summed E-state index contributed by atoms with van der Waals surface area (Å²) >= 11 is 0. The van der Waals surface area contributed by atoms with Gasteiger partial charge in [-0.3, -0.25) is 4.79 Å². The van der Waals surface area contributed by atoms with E-state index in [4.69, 9.17) is 0 Å². The van der Waals surface area contributed by atoms with Crippen molar-refractivity contribution in [3.8, 4) is 0 Å². The highest BCUT2D eigenvalue weighted by Gasteiger charge is 2.53. The van der Waals surface area contributed by atoms with E-state index in [0.29, 0.717) is 18.4 Å². The number of aryl methyl sites for hydroxylation is 1. The number of halogens is 1. The van der Waals surface area contributed by atoms with Crippen LogP contribution >= 0.6 is 0 Å². The zero-order chi connectivity index (χ0) is 16.4. The smallest absolute Gasteiger partial charge is 0.231 e. The van der Waals surface area contributed by atoms with Gasteiger partial charge in [0.05, 0.1) is 11.5 Å². The van der Waals surface area contributed by atoms with Crippen LogP contribution in [0.2, 0.25) is 0 Å². The van der Waals surface area contributed by atoms with E-state index >= 15 is 0 Å². The number of hydrogen-bond acceptors (Lipinski definition) is 2. The summed E-state index contributed by atoms with van der Waals surface area (Å²) in [5, 5.41) is 3.10. The van der Waals surface area contributed by atoms with Crippen molar-refractivity contribution < 1.29 is 9.18 Å². The van der Waals surface area contributed by atoms with Gasteiger partial charge in [-0.15, -0.1) is 0 Å². The highest BCUT2D eigenvalue weighted by molar-refractivity contribution is 5.91. The van der Waals surface area contributed by atoms with Crippen molar-refractivity contribution in [3.63, 3.8) is 0 Å². The molecule has 2 aromatic rings. The van der Waals surface area contributed by atoms with Crippen LogP contribution in [0.4, 0.5) is 4.39 Å². The summed E-state index contributed by atoms with van der Waals surface area (Å²) in [5.74, 6) is 0.442. The number of imidazole rings is 1. The van der Waals surface area contributed by atoms with Gasteiger partial charge in [-0.2, -0.15) is 0 Å². The number of hydrogen-bond donors (Lipinski definition) is 1. The minimum atomic E-state index is -0.706. The van der Waals surface area contributed by atoms with Gasteiger partial charge in [-0.05, 0) is 25.3 Å². The van der Waals surface area contributed by atoms with Gasteiger partial charge in [0.2, 0.25) is 5.91 Å². The number of rotatable bonds is 6. The molecule has 4 nitrogen and oxygen atoms in total. The quantitative estimate of drug-likeness (QED) is 0.889. The molecule has 0 unspecified atom stereocenters. The van der Waals surface area contributed by atoms with E-state index in [1.54, 1.807) is 24.4 Å². The molecule has 1 aromatic carbocycles. The van der Waals surface area contributed by atoms with Gasteiger partial charge < -0.3 is 9.88 Å². The summed E-state index contributed by atoms with van der Waals surface area (Å²) in [6, 6.07) is 6.44. The zero-order valence-electron chi connectivity index (χ0n) is 13.6. The molecule has 1 aliphatic rings. The van der Waals surface area contributed by atoms with Crippen LogP contribution in [0.1, 0.15) is 50.0 Å². The lowest BCUT2D eigenvalue weighted by Gasteiger charge is -2.22. The normalized spacial score (nSPS) is 16.8. The molecule has 0 radical (unpaired) electrons. The summed E-state index contributed by atoms with van der Waals surface area (Å²) in [5.41, 5.74) is -0.199. The van der Waals surface area contributed by atoms with Crippen molar-refractivity contribution in [3.05, 3.63) is 53.9 Å². The van der Waals surface area contributed by atoms with E-state index in [1.165, 1.54) is 6.07 Å². The Labute approximate surface area is 135 Å². The van der Waals surface area contributed by atoms with Crippen LogP contribution in [0.25, 0.3) is 0 Å². The molecule has 122 valence electrons. The molecule has 1 fully saturated rings. The number of nitrogens with zero attached hydrogens (tertiary/aromatic N) is 2. The van der Waals surface area contributed by atoms with Crippen molar-refractivity contribution >= 4 is 5.91 Å². The third-order valence-electron chi connectivity index (χ3n) is 4.63. The molecule has 0 aliphatic heterocycles. The summed E-state index contributed by atoms with van der Waals surface area (Å²) in [6.07, 6.45) is 6.73. The van der Waals surface area contributed by atoms with Crippen molar-refractivity contribution in [1.82, 2.24) is 14.9 Å². The lowest BCUT2D eigenvalue weighted by atomic mass is 9.93. The Hall–Kier alpha value is -2.17.